The Morgan fingerprint density at radius 1 is 1.43 bits per heavy atom. The lowest BCUT2D eigenvalue weighted by molar-refractivity contribution is 0.463. The van der Waals surface area contributed by atoms with E-state index in [0.29, 0.717) is 18.2 Å². The molecule has 0 radical (unpaired) electrons. The molecule has 114 valence electrons. The van der Waals surface area contributed by atoms with Crippen molar-refractivity contribution in [2.45, 2.75) is 30.3 Å². The molecule has 0 bridgehead atoms. The van der Waals surface area contributed by atoms with Crippen LogP contribution in [-0.4, -0.2) is 32.4 Å². The first-order chi connectivity index (χ1) is 9.86. The molecule has 0 amide bonds. The van der Waals surface area contributed by atoms with Crippen LogP contribution in [0.1, 0.15) is 18.4 Å². The van der Waals surface area contributed by atoms with E-state index in [4.69, 9.17) is 6.42 Å². The molecule has 1 aromatic carbocycles. The lowest BCUT2D eigenvalue weighted by Gasteiger charge is -2.16. The van der Waals surface area contributed by atoms with Crippen molar-refractivity contribution >= 4 is 10.0 Å². The van der Waals surface area contributed by atoms with Gasteiger partial charge >= 0.3 is 0 Å². The van der Waals surface area contributed by atoms with Crippen molar-refractivity contribution in [1.29, 1.82) is 0 Å². The highest BCUT2D eigenvalue weighted by atomic mass is 32.2. The average molecular weight is 314 g/mol. The number of nitrogens with zero attached hydrogens (tertiary/aromatic N) is 1. The van der Waals surface area contributed by atoms with E-state index in [-0.39, 0.29) is 6.54 Å². The SMILES string of the molecule is C#CCN(C)S(=O)(=O)c1cc(CNC2CC2)cc(F)c1F. The summed E-state index contributed by atoms with van der Waals surface area (Å²) in [5, 5.41) is 3.12. The maximum atomic E-state index is 13.8. The van der Waals surface area contributed by atoms with Gasteiger partial charge in [0.2, 0.25) is 10.0 Å². The summed E-state index contributed by atoms with van der Waals surface area (Å²) in [4.78, 5) is -0.687. The molecule has 2 rings (SSSR count). The van der Waals surface area contributed by atoms with Gasteiger partial charge in [-0.15, -0.1) is 6.42 Å². The minimum absolute atomic E-state index is 0.214. The second kappa shape index (κ2) is 6.10. The zero-order valence-corrected chi connectivity index (χ0v) is 12.4. The van der Waals surface area contributed by atoms with Crippen LogP contribution in [0.5, 0.6) is 0 Å². The number of halogens is 2. The molecule has 0 spiro atoms. The van der Waals surface area contributed by atoms with Gasteiger partial charge in [0.05, 0.1) is 6.54 Å². The molecule has 0 unspecified atom stereocenters. The highest BCUT2D eigenvalue weighted by Crippen LogP contribution is 2.24. The van der Waals surface area contributed by atoms with Gasteiger partial charge in [0.1, 0.15) is 4.90 Å². The first kappa shape index (κ1) is 15.9. The quantitative estimate of drug-likeness (QED) is 0.809. The number of nitrogens with one attached hydrogen (secondary N) is 1. The van der Waals surface area contributed by atoms with Gasteiger partial charge in [-0.25, -0.2) is 17.2 Å². The fourth-order valence-electron chi connectivity index (χ4n) is 1.84. The van der Waals surface area contributed by atoms with Crippen LogP contribution in [0.2, 0.25) is 0 Å². The maximum Gasteiger partial charge on any atom is 0.246 e. The molecular formula is C14H16F2N2O2S. The molecule has 7 heteroatoms. The molecule has 0 atom stereocenters. The second-order valence-electron chi connectivity index (χ2n) is 5.01. The van der Waals surface area contributed by atoms with Crippen molar-refractivity contribution in [3.63, 3.8) is 0 Å². The van der Waals surface area contributed by atoms with Crippen molar-refractivity contribution in [2.75, 3.05) is 13.6 Å². The molecule has 1 aliphatic rings. The first-order valence-corrected chi connectivity index (χ1v) is 7.91. The summed E-state index contributed by atoms with van der Waals surface area (Å²) >= 11 is 0. The van der Waals surface area contributed by atoms with Crippen molar-refractivity contribution in [3.05, 3.63) is 29.3 Å². The molecule has 0 aromatic heterocycles. The van der Waals surface area contributed by atoms with Crippen molar-refractivity contribution in [1.82, 2.24) is 9.62 Å². The number of terminal acetylenes is 1. The molecule has 1 saturated carbocycles. The van der Waals surface area contributed by atoms with E-state index in [1.165, 1.54) is 7.05 Å². The van der Waals surface area contributed by atoms with E-state index in [2.05, 4.69) is 11.2 Å². The van der Waals surface area contributed by atoms with Crippen LogP contribution in [0.4, 0.5) is 8.78 Å². The number of benzene rings is 1. The Labute approximate surface area is 123 Å². The van der Waals surface area contributed by atoms with E-state index in [1.54, 1.807) is 0 Å². The summed E-state index contributed by atoms with van der Waals surface area (Å²) in [7, 11) is -2.93. The fraction of sp³-hybridized carbons (Fsp3) is 0.429. The Morgan fingerprint density at radius 3 is 2.67 bits per heavy atom. The van der Waals surface area contributed by atoms with E-state index in [1.807, 2.05) is 0 Å². The third kappa shape index (κ3) is 3.59. The third-order valence-corrected chi connectivity index (χ3v) is 5.03. The Morgan fingerprint density at radius 2 is 2.10 bits per heavy atom. The van der Waals surface area contributed by atoms with Gasteiger partial charge in [0.25, 0.3) is 0 Å². The van der Waals surface area contributed by atoms with Crippen LogP contribution in [-0.2, 0) is 16.6 Å². The van der Waals surface area contributed by atoms with Crippen molar-refractivity contribution in [3.8, 4) is 12.3 Å². The van der Waals surface area contributed by atoms with Crippen LogP contribution >= 0.6 is 0 Å². The average Bonchev–Trinajstić information content (AvgIpc) is 3.24. The van der Waals surface area contributed by atoms with Gasteiger partial charge in [0, 0.05) is 19.6 Å². The van der Waals surface area contributed by atoms with Crippen molar-refractivity contribution in [2.24, 2.45) is 0 Å². The van der Waals surface area contributed by atoms with Crippen LogP contribution < -0.4 is 5.32 Å². The number of rotatable bonds is 6. The monoisotopic (exact) mass is 314 g/mol. The third-order valence-electron chi connectivity index (χ3n) is 3.23. The van der Waals surface area contributed by atoms with Crippen LogP contribution in [0.25, 0.3) is 0 Å². The van der Waals surface area contributed by atoms with Crippen LogP contribution in [0.3, 0.4) is 0 Å². The Hall–Kier alpha value is -1.49. The minimum Gasteiger partial charge on any atom is -0.310 e. The summed E-state index contributed by atoms with van der Waals surface area (Å²) in [5.74, 6) is -0.405. The molecule has 4 nitrogen and oxygen atoms in total. The van der Waals surface area contributed by atoms with E-state index in [0.717, 1.165) is 29.3 Å². The minimum atomic E-state index is -4.15. The van der Waals surface area contributed by atoms with Gasteiger partial charge in [-0.1, -0.05) is 5.92 Å². The second-order valence-corrected chi connectivity index (χ2v) is 7.02. The topological polar surface area (TPSA) is 49.4 Å². The molecule has 1 fully saturated rings. The molecule has 1 N–H and O–H groups in total. The molecule has 0 aliphatic heterocycles. The Kier molecular flexibility index (Phi) is 4.61. The molecular weight excluding hydrogens is 298 g/mol. The lowest BCUT2D eigenvalue weighted by Crippen LogP contribution is -2.28. The van der Waals surface area contributed by atoms with Crippen LogP contribution in [0.15, 0.2) is 17.0 Å². The Bertz CT molecular complexity index is 679. The predicted octanol–water partition coefficient (Wildman–Crippen LogP) is 1.47. The smallest absolute Gasteiger partial charge is 0.246 e. The molecule has 21 heavy (non-hydrogen) atoms. The van der Waals surface area contributed by atoms with Gasteiger partial charge in [-0.3, -0.25) is 0 Å². The predicted molar refractivity (Wildman–Crippen MR) is 74.9 cm³/mol. The fourth-order valence-corrected chi connectivity index (χ4v) is 3.04. The normalized spacial score (nSPS) is 15.2. The zero-order valence-electron chi connectivity index (χ0n) is 11.6. The largest absolute Gasteiger partial charge is 0.310 e. The van der Waals surface area contributed by atoms with Gasteiger partial charge in [-0.2, -0.15) is 4.31 Å². The zero-order chi connectivity index (χ0) is 15.6. The van der Waals surface area contributed by atoms with Gasteiger partial charge in [-0.05, 0) is 30.5 Å². The molecule has 1 aromatic rings. The standard InChI is InChI=1S/C14H16F2N2O2S/c1-3-6-18(2)21(19,20)13-8-10(7-12(15)14(13)16)9-17-11-4-5-11/h1,7-8,11,17H,4-6,9H2,2H3. The van der Waals surface area contributed by atoms with E-state index >= 15 is 0 Å². The molecule has 0 heterocycles. The highest BCUT2D eigenvalue weighted by Gasteiger charge is 2.27. The number of sulfonamides is 1. The summed E-state index contributed by atoms with van der Waals surface area (Å²) in [6, 6.07) is 2.53. The number of hydrogen-bond donors (Lipinski definition) is 1. The summed E-state index contributed by atoms with van der Waals surface area (Å²) in [6.07, 6.45) is 7.14. The summed E-state index contributed by atoms with van der Waals surface area (Å²) in [5.41, 5.74) is 0.383. The first-order valence-electron chi connectivity index (χ1n) is 6.47. The van der Waals surface area contributed by atoms with Crippen LogP contribution in [0, 0.1) is 24.0 Å². The summed E-state index contributed by atoms with van der Waals surface area (Å²) in [6.45, 7) is 0.0805. The van der Waals surface area contributed by atoms with Crippen molar-refractivity contribution < 1.29 is 17.2 Å². The van der Waals surface area contributed by atoms with Gasteiger partial charge < -0.3 is 5.32 Å². The summed E-state index contributed by atoms with van der Waals surface area (Å²) < 4.78 is 52.7. The molecule has 0 saturated heterocycles. The Balaban J connectivity index is 2.34. The molecule has 1 aliphatic carbocycles. The van der Waals surface area contributed by atoms with E-state index < -0.39 is 26.6 Å². The highest BCUT2D eigenvalue weighted by molar-refractivity contribution is 7.89. The van der Waals surface area contributed by atoms with Gasteiger partial charge in [0.15, 0.2) is 11.6 Å². The lowest BCUT2D eigenvalue weighted by atomic mass is 10.2. The number of hydrogen-bond acceptors (Lipinski definition) is 3. The maximum absolute atomic E-state index is 13.8. The van der Waals surface area contributed by atoms with E-state index in [9.17, 15) is 17.2 Å².